The van der Waals surface area contributed by atoms with Crippen molar-refractivity contribution in [2.45, 2.75) is 46.6 Å². The molecular weight excluding hydrogens is 258 g/mol. The fourth-order valence-electron chi connectivity index (χ4n) is 2.10. The number of amides is 1. The number of rotatable bonds is 6. The fraction of sp³-hybridized carbons (Fsp3) is 0.643. The van der Waals surface area contributed by atoms with Gasteiger partial charge < -0.3 is 15.4 Å². The van der Waals surface area contributed by atoms with Crippen molar-refractivity contribution in [3.63, 3.8) is 0 Å². The molecule has 0 spiro atoms. The van der Waals surface area contributed by atoms with Crippen LogP contribution in [0, 0.1) is 19.8 Å². The number of hydrogen-bond donors (Lipinski definition) is 3. The molecule has 112 valence electrons. The van der Waals surface area contributed by atoms with Gasteiger partial charge in [0.25, 0.3) is 0 Å². The smallest absolute Gasteiger partial charge is 0.345 e. The van der Waals surface area contributed by atoms with Crippen LogP contribution >= 0.6 is 0 Å². The van der Waals surface area contributed by atoms with E-state index in [0.29, 0.717) is 23.7 Å². The maximum atomic E-state index is 11.9. The van der Waals surface area contributed by atoms with Gasteiger partial charge in [0, 0.05) is 23.5 Å². The molecular formula is C14H23N3O3. The maximum Gasteiger partial charge on any atom is 0.345 e. The number of nitrogens with zero attached hydrogens (tertiary/aromatic N) is 1. The van der Waals surface area contributed by atoms with E-state index in [1.807, 2.05) is 13.8 Å². The standard InChI is InChI=1S/C14H23N3O3/c1-8(2)5-11(18)7-15-13(19)6-12-9(3)16-14(20)17-10(12)4/h8,11,18H,5-7H2,1-4H3,(H,15,19)(H,16,17,20). The summed E-state index contributed by atoms with van der Waals surface area (Å²) in [7, 11) is 0. The highest BCUT2D eigenvalue weighted by atomic mass is 16.3. The van der Waals surface area contributed by atoms with Gasteiger partial charge in [0.15, 0.2) is 0 Å². The highest BCUT2D eigenvalue weighted by molar-refractivity contribution is 5.79. The van der Waals surface area contributed by atoms with Gasteiger partial charge in [-0.25, -0.2) is 4.79 Å². The Balaban J connectivity index is 2.57. The van der Waals surface area contributed by atoms with Gasteiger partial charge in [0.2, 0.25) is 5.91 Å². The average Bonchev–Trinajstić information content (AvgIpc) is 2.30. The first kappa shape index (κ1) is 16.4. The van der Waals surface area contributed by atoms with Crippen LogP contribution in [0.25, 0.3) is 0 Å². The molecule has 0 fully saturated rings. The number of aliphatic hydroxyl groups excluding tert-OH is 1. The molecule has 0 radical (unpaired) electrons. The third-order valence-electron chi connectivity index (χ3n) is 3.07. The minimum Gasteiger partial charge on any atom is -0.391 e. The number of aromatic amines is 1. The Labute approximate surface area is 118 Å². The summed E-state index contributed by atoms with van der Waals surface area (Å²) in [5, 5.41) is 12.4. The van der Waals surface area contributed by atoms with Crippen molar-refractivity contribution in [2.24, 2.45) is 5.92 Å². The van der Waals surface area contributed by atoms with E-state index in [9.17, 15) is 14.7 Å². The van der Waals surface area contributed by atoms with Crippen molar-refractivity contribution >= 4 is 5.91 Å². The first-order valence-electron chi connectivity index (χ1n) is 6.80. The summed E-state index contributed by atoms with van der Waals surface area (Å²) in [4.78, 5) is 29.4. The van der Waals surface area contributed by atoms with Crippen molar-refractivity contribution in [2.75, 3.05) is 6.54 Å². The summed E-state index contributed by atoms with van der Waals surface area (Å²) in [5.74, 6) is 0.197. The van der Waals surface area contributed by atoms with Crippen LogP contribution in [0.15, 0.2) is 4.79 Å². The van der Waals surface area contributed by atoms with Crippen LogP contribution < -0.4 is 11.0 Å². The van der Waals surface area contributed by atoms with E-state index in [4.69, 9.17) is 0 Å². The molecule has 6 nitrogen and oxygen atoms in total. The van der Waals surface area contributed by atoms with Crippen molar-refractivity contribution in [1.82, 2.24) is 15.3 Å². The molecule has 0 saturated heterocycles. The van der Waals surface area contributed by atoms with Crippen LogP contribution in [-0.4, -0.2) is 33.6 Å². The monoisotopic (exact) mass is 281 g/mol. The molecule has 3 N–H and O–H groups in total. The quantitative estimate of drug-likeness (QED) is 0.705. The second-order valence-corrected chi connectivity index (χ2v) is 5.50. The van der Waals surface area contributed by atoms with Gasteiger partial charge >= 0.3 is 5.69 Å². The molecule has 6 heteroatoms. The van der Waals surface area contributed by atoms with Gasteiger partial charge in [-0.1, -0.05) is 13.8 Å². The minimum absolute atomic E-state index is 0.149. The van der Waals surface area contributed by atoms with Crippen LogP contribution in [0.3, 0.4) is 0 Å². The predicted octanol–water partition coefficient (Wildman–Crippen LogP) is 0.452. The summed E-state index contributed by atoms with van der Waals surface area (Å²) >= 11 is 0. The Morgan fingerprint density at radius 1 is 1.40 bits per heavy atom. The Hall–Kier alpha value is -1.69. The molecule has 0 aliphatic carbocycles. The van der Waals surface area contributed by atoms with E-state index in [0.717, 1.165) is 5.56 Å². The molecule has 1 rings (SSSR count). The number of aromatic nitrogens is 2. The van der Waals surface area contributed by atoms with Crippen molar-refractivity contribution in [1.29, 1.82) is 0 Å². The zero-order valence-electron chi connectivity index (χ0n) is 12.5. The Bertz CT molecular complexity index is 497. The summed E-state index contributed by atoms with van der Waals surface area (Å²) in [6, 6.07) is 0. The second-order valence-electron chi connectivity index (χ2n) is 5.50. The van der Waals surface area contributed by atoms with Crippen LogP contribution in [0.1, 0.15) is 37.2 Å². The van der Waals surface area contributed by atoms with E-state index >= 15 is 0 Å². The molecule has 1 aromatic heterocycles. The second kappa shape index (κ2) is 7.19. The number of aryl methyl sites for hydroxylation is 2. The number of carbonyl (C=O) groups is 1. The van der Waals surface area contributed by atoms with Crippen molar-refractivity contribution in [3.05, 3.63) is 27.4 Å². The van der Waals surface area contributed by atoms with Gasteiger partial charge in [-0.2, -0.15) is 4.98 Å². The number of nitrogens with one attached hydrogen (secondary N) is 2. The molecule has 0 bridgehead atoms. The highest BCUT2D eigenvalue weighted by Crippen LogP contribution is 2.08. The molecule has 0 saturated carbocycles. The first-order valence-corrected chi connectivity index (χ1v) is 6.80. The van der Waals surface area contributed by atoms with E-state index in [1.54, 1.807) is 13.8 Å². The van der Waals surface area contributed by atoms with Crippen LogP contribution in [-0.2, 0) is 11.2 Å². The first-order chi connectivity index (χ1) is 9.29. The van der Waals surface area contributed by atoms with Gasteiger partial charge in [-0.3, -0.25) is 4.79 Å². The van der Waals surface area contributed by atoms with Crippen LogP contribution in [0.4, 0.5) is 0 Å². The normalized spacial score (nSPS) is 12.5. The van der Waals surface area contributed by atoms with Gasteiger partial charge in [-0.15, -0.1) is 0 Å². The van der Waals surface area contributed by atoms with Crippen LogP contribution in [0.5, 0.6) is 0 Å². The lowest BCUT2D eigenvalue weighted by Gasteiger charge is -2.14. The molecule has 20 heavy (non-hydrogen) atoms. The molecule has 1 heterocycles. The SMILES string of the molecule is Cc1nc(=O)[nH]c(C)c1CC(=O)NCC(O)CC(C)C. The van der Waals surface area contributed by atoms with E-state index in [2.05, 4.69) is 15.3 Å². The molecule has 1 atom stereocenters. The minimum atomic E-state index is -0.533. The Kier molecular flexibility index (Phi) is 5.88. The number of aliphatic hydroxyl groups is 1. The largest absolute Gasteiger partial charge is 0.391 e. The van der Waals surface area contributed by atoms with Crippen LogP contribution in [0.2, 0.25) is 0 Å². The fourth-order valence-corrected chi connectivity index (χ4v) is 2.10. The lowest BCUT2D eigenvalue weighted by molar-refractivity contribution is -0.121. The number of carbonyl (C=O) groups excluding carboxylic acids is 1. The Morgan fingerprint density at radius 3 is 2.60 bits per heavy atom. The lowest BCUT2D eigenvalue weighted by atomic mass is 10.1. The van der Waals surface area contributed by atoms with Gasteiger partial charge in [-0.05, 0) is 26.2 Å². The third kappa shape index (κ3) is 5.13. The highest BCUT2D eigenvalue weighted by Gasteiger charge is 2.13. The summed E-state index contributed by atoms with van der Waals surface area (Å²) in [6.45, 7) is 7.73. The molecule has 1 unspecified atom stereocenters. The van der Waals surface area contributed by atoms with E-state index in [1.165, 1.54) is 0 Å². The van der Waals surface area contributed by atoms with Crippen molar-refractivity contribution < 1.29 is 9.90 Å². The zero-order valence-corrected chi connectivity index (χ0v) is 12.5. The topological polar surface area (TPSA) is 95.1 Å². The lowest BCUT2D eigenvalue weighted by Crippen LogP contribution is -2.34. The molecule has 0 aliphatic heterocycles. The summed E-state index contributed by atoms with van der Waals surface area (Å²) in [6.07, 6.45) is 0.267. The maximum absolute atomic E-state index is 11.9. The number of H-pyrrole nitrogens is 1. The van der Waals surface area contributed by atoms with Crippen molar-refractivity contribution in [3.8, 4) is 0 Å². The molecule has 0 aliphatic rings. The van der Waals surface area contributed by atoms with E-state index < -0.39 is 11.8 Å². The molecule has 1 amide bonds. The molecule has 1 aromatic rings. The zero-order chi connectivity index (χ0) is 15.3. The summed E-state index contributed by atoms with van der Waals surface area (Å²) in [5.41, 5.74) is 1.53. The molecule has 0 aromatic carbocycles. The third-order valence-corrected chi connectivity index (χ3v) is 3.07. The number of hydrogen-bond acceptors (Lipinski definition) is 4. The average molecular weight is 281 g/mol. The van der Waals surface area contributed by atoms with E-state index in [-0.39, 0.29) is 18.9 Å². The van der Waals surface area contributed by atoms with Gasteiger partial charge in [0.05, 0.1) is 12.5 Å². The Morgan fingerprint density at radius 2 is 2.05 bits per heavy atom. The predicted molar refractivity (Wildman–Crippen MR) is 76.5 cm³/mol. The summed E-state index contributed by atoms with van der Waals surface area (Å²) < 4.78 is 0. The van der Waals surface area contributed by atoms with Gasteiger partial charge in [0.1, 0.15) is 0 Å².